The first kappa shape index (κ1) is 11.1. The summed E-state index contributed by atoms with van der Waals surface area (Å²) in [5, 5.41) is 8.62. The van der Waals surface area contributed by atoms with Gasteiger partial charge in [0.25, 0.3) is 0 Å². The molecule has 1 aromatic carbocycles. The summed E-state index contributed by atoms with van der Waals surface area (Å²) >= 11 is 5.93. The summed E-state index contributed by atoms with van der Waals surface area (Å²) in [7, 11) is 1.88. The highest BCUT2D eigenvalue weighted by Gasteiger charge is 2.05. The third-order valence-electron chi connectivity index (χ3n) is 2.83. The molecule has 3 rings (SSSR count). The highest BCUT2D eigenvalue weighted by atomic mass is 35.5. The molecule has 0 radical (unpaired) electrons. The summed E-state index contributed by atoms with van der Waals surface area (Å²) in [6, 6.07) is 5.81. The number of rotatable bonds is 3. The van der Waals surface area contributed by atoms with E-state index in [1.54, 1.807) is 12.4 Å². The van der Waals surface area contributed by atoms with Crippen LogP contribution in [-0.2, 0) is 13.6 Å². The van der Waals surface area contributed by atoms with Gasteiger partial charge in [0.05, 0.1) is 18.9 Å². The van der Waals surface area contributed by atoms with E-state index in [1.807, 2.05) is 29.8 Å². The Morgan fingerprint density at radius 2 is 2.28 bits per heavy atom. The molecule has 5 nitrogen and oxygen atoms in total. The average molecular weight is 263 g/mol. The van der Waals surface area contributed by atoms with Crippen LogP contribution in [0.2, 0.25) is 5.15 Å². The third kappa shape index (κ3) is 1.93. The van der Waals surface area contributed by atoms with Gasteiger partial charge in [-0.1, -0.05) is 16.8 Å². The Balaban J connectivity index is 1.78. The van der Waals surface area contributed by atoms with Crippen LogP contribution in [0.25, 0.3) is 11.0 Å². The number of hydrogen-bond donors (Lipinski definition) is 1. The first-order valence-electron chi connectivity index (χ1n) is 5.48. The van der Waals surface area contributed by atoms with Gasteiger partial charge in [0, 0.05) is 18.1 Å². The van der Waals surface area contributed by atoms with Crippen LogP contribution in [-0.4, -0.2) is 14.7 Å². The molecule has 0 aliphatic heterocycles. The van der Waals surface area contributed by atoms with Crippen LogP contribution in [0, 0.1) is 0 Å². The Hall–Kier alpha value is -2.01. The second-order valence-corrected chi connectivity index (χ2v) is 4.38. The van der Waals surface area contributed by atoms with E-state index in [1.165, 1.54) is 0 Å². The largest absolute Gasteiger partial charge is 0.378 e. The van der Waals surface area contributed by atoms with E-state index in [4.69, 9.17) is 16.1 Å². The fourth-order valence-corrected chi connectivity index (χ4v) is 1.90. The molecule has 6 heteroatoms. The van der Waals surface area contributed by atoms with Gasteiger partial charge < -0.3 is 14.4 Å². The van der Waals surface area contributed by atoms with E-state index < -0.39 is 0 Å². The molecule has 0 spiro atoms. The zero-order valence-corrected chi connectivity index (χ0v) is 10.5. The molecular formula is C12H11ClN4O. The zero-order chi connectivity index (χ0) is 12.5. The fraction of sp³-hybridized carbons (Fsp3) is 0.167. The summed E-state index contributed by atoms with van der Waals surface area (Å²) in [6.07, 6.45) is 3.33. The van der Waals surface area contributed by atoms with Crippen molar-refractivity contribution in [2.24, 2.45) is 7.05 Å². The van der Waals surface area contributed by atoms with Gasteiger partial charge in [0.2, 0.25) is 0 Å². The minimum absolute atomic E-state index is 0.611. The van der Waals surface area contributed by atoms with Gasteiger partial charge in [0.15, 0.2) is 5.58 Å². The molecule has 0 fully saturated rings. The molecule has 0 amide bonds. The van der Waals surface area contributed by atoms with Crippen molar-refractivity contribution in [1.82, 2.24) is 14.7 Å². The van der Waals surface area contributed by atoms with Crippen molar-refractivity contribution in [1.29, 1.82) is 0 Å². The molecule has 0 saturated heterocycles. The summed E-state index contributed by atoms with van der Waals surface area (Å²) in [6.45, 7) is 0.611. The maximum atomic E-state index is 5.93. The molecule has 0 saturated carbocycles. The maximum Gasteiger partial charge on any atom is 0.166 e. The van der Waals surface area contributed by atoms with E-state index >= 15 is 0 Å². The van der Waals surface area contributed by atoms with Gasteiger partial charge in [-0.25, -0.2) is 4.98 Å². The topological polar surface area (TPSA) is 55.9 Å². The van der Waals surface area contributed by atoms with Gasteiger partial charge in [0.1, 0.15) is 11.0 Å². The fourth-order valence-electron chi connectivity index (χ4n) is 1.75. The van der Waals surface area contributed by atoms with Crippen molar-refractivity contribution in [2.75, 3.05) is 5.32 Å². The second kappa shape index (κ2) is 4.34. The van der Waals surface area contributed by atoms with Crippen LogP contribution in [0.3, 0.4) is 0 Å². The van der Waals surface area contributed by atoms with Crippen molar-refractivity contribution in [2.45, 2.75) is 6.54 Å². The quantitative estimate of drug-likeness (QED) is 0.789. The summed E-state index contributed by atoms with van der Waals surface area (Å²) in [5.41, 5.74) is 1.77. The number of aromatic nitrogens is 3. The van der Waals surface area contributed by atoms with E-state index in [0.29, 0.717) is 11.7 Å². The number of hydrogen-bond acceptors (Lipinski definition) is 4. The van der Waals surface area contributed by atoms with Crippen LogP contribution in [0.4, 0.5) is 5.69 Å². The Bertz CT molecular complexity index is 688. The van der Waals surface area contributed by atoms with Crippen molar-refractivity contribution in [3.63, 3.8) is 0 Å². The normalized spacial score (nSPS) is 11.0. The third-order valence-corrected chi connectivity index (χ3v) is 3.18. The first-order chi connectivity index (χ1) is 8.74. The van der Waals surface area contributed by atoms with Crippen molar-refractivity contribution < 1.29 is 4.52 Å². The van der Waals surface area contributed by atoms with Gasteiger partial charge >= 0.3 is 0 Å². The smallest absolute Gasteiger partial charge is 0.166 e. The number of halogens is 1. The van der Waals surface area contributed by atoms with Gasteiger partial charge in [-0.05, 0) is 18.2 Å². The van der Waals surface area contributed by atoms with Crippen LogP contribution < -0.4 is 5.32 Å². The Morgan fingerprint density at radius 1 is 1.39 bits per heavy atom. The average Bonchev–Trinajstić information content (AvgIpc) is 2.96. The maximum absolute atomic E-state index is 5.93. The van der Waals surface area contributed by atoms with Crippen molar-refractivity contribution in [3.05, 3.63) is 41.6 Å². The monoisotopic (exact) mass is 262 g/mol. The van der Waals surface area contributed by atoms with Crippen LogP contribution in [0.1, 0.15) is 5.82 Å². The lowest BCUT2D eigenvalue weighted by molar-refractivity contribution is 0.456. The molecule has 0 aliphatic rings. The lowest BCUT2D eigenvalue weighted by Gasteiger charge is -2.06. The lowest BCUT2D eigenvalue weighted by atomic mass is 10.2. The summed E-state index contributed by atoms with van der Waals surface area (Å²) in [5.74, 6) is 0.880. The van der Waals surface area contributed by atoms with E-state index in [9.17, 15) is 0 Å². The minimum atomic E-state index is 0.611. The Labute approximate surface area is 108 Å². The summed E-state index contributed by atoms with van der Waals surface area (Å²) < 4.78 is 6.89. The predicted octanol–water partition coefficient (Wildman–Crippen LogP) is 2.83. The van der Waals surface area contributed by atoms with E-state index in [-0.39, 0.29) is 0 Å². The van der Waals surface area contributed by atoms with Gasteiger partial charge in [-0.2, -0.15) is 0 Å². The first-order valence-corrected chi connectivity index (χ1v) is 5.86. The van der Waals surface area contributed by atoms with E-state index in [2.05, 4.69) is 15.5 Å². The predicted molar refractivity (Wildman–Crippen MR) is 69.6 cm³/mol. The van der Waals surface area contributed by atoms with Gasteiger partial charge in [-0.3, -0.25) is 0 Å². The number of imidazole rings is 1. The molecule has 0 unspecified atom stereocenters. The Kier molecular flexibility index (Phi) is 2.68. The standard InChI is InChI=1S/C12H11ClN4O/c1-17-11(13)6-15-12(17)7-14-9-2-3-10-8(4-9)5-16-18-10/h2-6,14H,7H2,1H3. The minimum Gasteiger partial charge on any atom is -0.378 e. The van der Waals surface area contributed by atoms with Crippen LogP contribution in [0.5, 0.6) is 0 Å². The zero-order valence-electron chi connectivity index (χ0n) is 9.72. The summed E-state index contributed by atoms with van der Waals surface area (Å²) in [4.78, 5) is 4.22. The molecule has 1 N–H and O–H groups in total. The highest BCUT2D eigenvalue weighted by Crippen LogP contribution is 2.19. The molecule has 0 bridgehead atoms. The number of fused-ring (bicyclic) bond motifs is 1. The van der Waals surface area contributed by atoms with Crippen LogP contribution in [0.15, 0.2) is 35.1 Å². The molecule has 0 atom stereocenters. The number of benzene rings is 1. The molecule has 92 valence electrons. The lowest BCUT2D eigenvalue weighted by Crippen LogP contribution is -2.05. The Morgan fingerprint density at radius 3 is 3.06 bits per heavy atom. The molecular weight excluding hydrogens is 252 g/mol. The molecule has 3 aromatic rings. The molecule has 2 aromatic heterocycles. The van der Waals surface area contributed by atoms with Gasteiger partial charge in [-0.15, -0.1) is 0 Å². The highest BCUT2D eigenvalue weighted by molar-refractivity contribution is 6.29. The number of nitrogens with zero attached hydrogens (tertiary/aromatic N) is 3. The van der Waals surface area contributed by atoms with Crippen molar-refractivity contribution >= 4 is 28.3 Å². The number of anilines is 1. The molecule has 2 heterocycles. The SMILES string of the molecule is Cn1c(Cl)cnc1CNc1ccc2oncc2c1. The van der Waals surface area contributed by atoms with Crippen LogP contribution >= 0.6 is 11.6 Å². The molecule has 18 heavy (non-hydrogen) atoms. The van der Waals surface area contributed by atoms with Crippen molar-refractivity contribution in [3.8, 4) is 0 Å². The molecule has 0 aliphatic carbocycles. The number of nitrogens with one attached hydrogen (secondary N) is 1. The second-order valence-electron chi connectivity index (χ2n) is 3.99. The van der Waals surface area contributed by atoms with E-state index in [0.717, 1.165) is 22.5 Å².